The van der Waals surface area contributed by atoms with Gasteiger partial charge in [-0.2, -0.15) is 0 Å². The number of hydrogen-bond acceptors (Lipinski definition) is 0. The van der Waals surface area contributed by atoms with Crippen molar-refractivity contribution < 1.29 is 0 Å². The molecule has 0 heterocycles. The Hall–Kier alpha value is 0.217. The molecule has 0 saturated heterocycles. The van der Waals surface area contributed by atoms with E-state index >= 15 is 0 Å². The third-order valence-corrected chi connectivity index (χ3v) is 6.93. The van der Waals surface area contributed by atoms with Gasteiger partial charge in [-0.25, -0.2) is 0 Å². The average Bonchev–Trinajstić information content (AvgIpc) is 1.87. The normalized spacial score (nSPS) is 12.0. The van der Waals surface area contributed by atoms with Crippen LogP contribution in [0.4, 0.5) is 0 Å². The molecule has 0 spiro atoms. The smallest absolute Gasteiger partial charge is 0.0499 e. The Labute approximate surface area is 54.3 Å². The molecule has 8 heavy (non-hydrogen) atoms. The Bertz CT molecular complexity index is 47.1. The van der Waals surface area contributed by atoms with Gasteiger partial charge in [-0.05, 0) is 0 Å². The molecule has 0 aliphatic rings. The fraction of sp³-hybridized carbons (Fsp3) is 0.857. The Balaban J connectivity index is 3.58. The molecule has 0 aromatic heterocycles. The van der Waals surface area contributed by atoms with Gasteiger partial charge < -0.3 is 0 Å². The van der Waals surface area contributed by atoms with Crippen LogP contribution in [0.3, 0.4) is 0 Å². The van der Waals surface area contributed by atoms with Crippen LogP contribution in [0, 0.1) is 6.92 Å². The van der Waals surface area contributed by atoms with E-state index in [1.807, 2.05) is 0 Å². The average molecular weight is 129 g/mol. The van der Waals surface area contributed by atoms with E-state index in [2.05, 4.69) is 27.3 Å². The van der Waals surface area contributed by atoms with Crippen molar-refractivity contribution in [3.8, 4) is 0 Å². The molecule has 0 saturated carbocycles. The maximum atomic E-state index is 3.96. The molecule has 0 unspecified atom stereocenters. The van der Waals surface area contributed by atoms with Crippen LogP contribution in [-0.2, 0) is 0 Å². The highest BCUT2D eigenvalue weighted by molar-refractivity contribution is 6.78. The zero-order chi connectivity index (χ0) is 6.62. The lowest BCUT2D eigenvalue weighted by atomic mass is 10.9. The predicted molar refractivity (Wildman–Crippen MR) is 42.7 cm³/mol. The lowest BCUT2D eigenvalue weighted by Crippen LogP contribution is -2.25. The van der Waals surface area contributed by atoms with Crippen LogP contribution in [0.25, 0.3) is 0 Å². The first kappa shape index (κ1) is 8.22. The van der Waals surface area contributed by atoms with E-state index in [0.717, 1.165) is 0 Å². The summed E-state index contributed by atoms with van der Waals surface area (Å²) >= 11 is 0. The summed E-state index contributed by atoms with van der Waals surface area (Å²) in [4.78, 5) is 0. The summed E-state index contributed by atoms with van der Waals surface area (Å²) in [6.45, 7) is 11.0. The van der Waals surface area contributed by atoms with Crippen molar-refractivity contribution in [3.63, 3.8) is 0 Å². The van der Waals surface area contributed by atoms with E-state index in [0.29, 0.717) is 0 Å². The van der Waals surface area contributed by atoms with Gasteiger partial charge in [0.15, 0.2) is 0 Å². The van der Waals surface area contributed by atoms with Gasteiger partial charge >= 0.3 is 0 Å². The molecule has 0 rings (SSSR count). The highest BCUT2D eigenvalue weighted by atomic mass is 28.3. The first-order valence-corrected chi connectivity index (χ1v) is 6.60. The molecule has 0 aromatic carbocycles. The highest BCUT2D eigenvalue weighted by Gasteiger charge is 2.18. The van der Waals surface area contributed by atoms with Crippen molar-refractivity contribution in [3.05, 3.63) is 6.92 Å². The summed E-state index contributed by atoms with van der Waals surface area (Å²) in [5, 5.41) is 0. The Kier molecular flexibility index (Phi) is 3.37. The monoisotopic (exact) mass is 129 g/mol. The van der Waals surface area contributed by atoms with Crippen molar-refractivity contribution in [1.82, 2.24) is 0 Å². The topological polar surface area (TPSA) is 0 Å². The van der Waals surface area contributed by atoms with Crippen LogP contribution >= 0.6 is 0 Å². The van der Waals surface area contributed by atoms with Crippen molar-refractivity contribution >= 4 is 8.07 Å². The molecule has 0 aromatic rings. The van der Waals surface area contributed by atoms with Crippen LogP contribution in [0.1, 0.15) is 13.8 Å². The van der Waals surface area contributed by atoms with Gasteiger partial charge in [0.1, 0.15) is 0 Å². The van der Waals surface area contributed by atoms with Crippen LogP contribution in [0.15, 0.2) is 0 Å². The van der Waals surface area contributed by atoms with Crippen molar-refractivity contribution in [2.75, 3.05) is 0 Å². The minimum atomic E-state index is -0.782. The number of rotatable bonds is 3. The lowest BCUT2D eigenvalue weighted by molar-refractivity contribution is 1.22. The van der Waals surface area contributed by atoms with E-state index in [9.17, 15) is 0 Å². The molecule has 0 fully saturated rings. The molecule has 0 aliphatic heterocycles. The zero-order valence-corrected chi connectivity index (χ0v) is 7.33. The van der Waals surface area contributed by atoms with Crippen molar-refractivity contribution in [1.29, 1.82) is 0 Å². The second kappa shape index (κ2) is 3.28. The summed E-state index contributed by atoms with van der Waals surface area (Å²) in [5.41, 5.74) is 0. The molecule has 1 radical (unpaired) electrons. The maximum Gasteiger partial charge on any atom is 0.0499 e. The summed E-state index contributed by atoms with van der Waals surface area (Å²) in [5.74, 6) is 0. The van der Waals surface area contributed by atoms with Crippen LogP contribution in [-0.4, -0.2) is 8.07 Å². The molecular weight excluding hydrogens is 112 g/mol. The molecule has 0 bridgehead atoms. The van der Waals surface area contributed by atoms with Crippen LogP contribution < -0.4 is 0 Å². The van der Waals surface area contributed by atoms with Crippen LogP contribution in [0.2, 0.25) is 24.7 Å². The van der Waals surface area contributed by atoms with E-state index in [1.54, 1.807) is 0 Å². The Morgan fingerprint density at radius 2 is 1.62 bits per heavy atom. The predicted octanol–water partition coefficient (Wildman–Crippen LogP) is 2.94. The minimum Gasteiger partial charge on any atom is -0.0692 e. The SMILES string of the molecule is [CH2]C[Si](C)(CC)CC. The highest BCUT2D eigenvalue weighted by Crippen LogP contribution is 2.18. The molecule has 0 atom stereocenters. The first-order valence-electron chi connectivity index (χ1n) is 3.47. The molecular formula is C7H17Si. The van der Waals surface area contributed by atoms with Gasteiger partial charge in [0.05, 0.1) is 0 Å². The lowest BCUT2D eigenvalue weighted by Gasteiger charge is -2.20. The second-order valence-electron chi connectivity index (χ2n) is 2.77. The summed E-state index contributed by atoms with van der Waals surface area (Å²) < 4.78 is 0. The molecule has 1 heteroatoms. The Morgan fingerprint density at radius 1 is 1.25 bits per heavy atom. The van der Waals surface area contributed by atoms with Gasteiger partial charge in [-0.1, -0.05) is 45.5 Å². The van der Waals surface area contributed by atoms with Crippen molar-refractivity contribution in [2.45, 2.75) is 38.5 Å². The fourth-order valence-electron chi connectivity index (χ4n) is 0.604. The van der Waals surface area contributed by atoms with Gasteiger partial charge in [-0.15, -0.1) is 0 Å². The molecule has 0 amide bonds. The standard InChI is InChI=1S/C7H17Si/c1-5-8(4,6-2)7-3/h1,5-7H2,2-4H3. The molecule has 49 valence electrons. The molecule has 0 nitrogen and oxygen atoms in total. The summed E-state index contributed by atoms with van der Waals surface area (Å²) in [6.07, 6.45) is 0. The Morgan fingerprint density at radius 3 is 1.62 bits per heavy atom. The maximum absolute atomic E-state index is 3.96. The van der Waals surface area contributed by atoms with E-state index in [1.165, 1.54) is 18.1 Å². The van der Waals surface area contributed by atoms with Gasteiger partial charge in [0.2, 0.25) is 0 Å². The van der Waals surface area contributed by atoms with E-state index in [4.69, 9.17) is 0 Å². The van der Waals surface area contributed by atoms with Gasteiger partial charge in [0, 0.05) is 8.07 Å². The van der Waals surface area contributed by atoms with E-state index < -0.39 is 8.07 Å². The van der Waals surface area contributed by atoms with Gasteiger partial charge in [-0.3, -0.25) is 0 Å². The van der Waals surface area contributed by atoms with E-state index in [-0.39, 0.29) is 0 Å². The second-order valence-corrected chi connectivity index (χ2v) is 8.30. The largest absolute Gasteiger partial charge is 0.0692 e. The number of hydrogen-bond donors (Lipinski definition) is 0. The van der Waals surface area contributed by atoms with Crippen LogP contribution in [0.5, 0.6) is 0 Å². The quantitative estimate of drug-likeness (QED) is 0.514. The first-order chi connectivity index (χ1) is 3.68. The molecule has 0 N–H and O–H groups in total. The van der Waals surface area contributed by atoms with Crippen molar-refractivity contribution in [2.24, 2.45) is 0 Å². The zero-order valence-electron chi connectivity index (χ0n) is 6.33. The fourth-order valence-corrected chi connectivity index (χ4v) is 1.81. The summed E-state index contributed by atoms with van der Waals surface area (Å²) in [6, 6.07) is 4.00. The minimum absolute atomic E-state index is 0.782. The molecule has 0 aliphatic carbocycles. The summed E-state index contributed by atoms with van der Waals surface area (Å²) in [7, 11) is -0.782. The van der Waals surface area contributed by atoms with Gasteiger partial charge in [0.25, 0.3) is 0 Å². The third-order valence-electron chi connectivity index (χ3n) is 2.31. The third kappa shape index (κ3) is 1.99.